The maximum Gasteiger partial charge on any atom is -0.0105 e. The molecule has 0 aliphatic carbocycles. The lowest BCUT2D eigenvalue weighted by molar-refractivity contribution is 1.50. The first-order valence-corrected chi connectivity index (χ1v) is 7.70. The highest BCUT2D eigenvalue weighted by Crippen LogP contribution is 2.28. The van der Waals surface area contributed by atoms with Crippen molar-refractivity contribution in [2.24, 2.45) is 0 Å². The predicted octanol–water partition coefficient (Wildman–Crippen LogP) is 6.77. The van der Waals surface area contributed by atoms with Crippen molar-refractivity contribution in [2.45, 2.75) is 13.8 Å². The van der Waals surface area contributed by atoms with Gasteiger partial charge in [-0.15, -0.1) is 0 Å². The van der Waals surface area contributed by atoms with Crippen molar-refractivity contribution in [3.05, 3.63) is 91.5 Å². The van der Waals surface area contributed by atoms with E-state index in [1.54, 1.807) is 6.08 Å². The summed E-state index contributed by atoms with van der Waals surface area (Å²) in [6, 6.07) is 19.4. The molecule has 0 spiro atoms. The highest BCUT2D eigenvalue weighted by atomic mass is 14.1. The van der Waals surface area contributed by atoms with Crippen LogP contribution in [0.1, 0.15) is 19.4 Å². The summed E-state index contributed by atoms with van der Waals surface area (Å²) in [5.41, 5.74) is 2.26. The van der Waals surface area contributed by atoms with E-state index in [9.17, 15) is 0 Å². The first-order chi connectivity index (χ1) is 10.8. The summed E-state index contributed by atoms with van der Waals surface area (Å²) >= 11 is 0. The van der Waals surface area contributed by atoms with Crippen molar-refractivity contribution in [1.82, 2.24) is 0 Å². The molecule has 0 saturated heterocycles. The maximum atomic E-state index is 3.87. The summed E-state index contributed by atoms with van der Waals surface area (Å²) < 4.78 is 0. The Kier molecular flexibility index (Phi) is 5.32. The van der Waals surface area contributed by atoms with Gasteiger partial charge < -0.3 is 0 Å². The van der Waals surface area contributed by atoms with Crippen molar-refractivity contribution in [3.63, 3.8) is 0 Å². The Labute approximate surface area is 133 Å². The van der Waals surface area contributed by atoms with E-state index in [1.165, 1.54) is 27.1 Å². The highest BCUT2D eigenvalue weighted by molar-refractivity contribution is 6.08. The van der Waals surface area contributed by atoms with Gasteiger partial charge in [0.1, 0.15) is 0 Å². The molecule has 0 fully saturated rings. The van der Waals surface area contributed by atoms with Gasteiger partial charge in [-0.25, -0.2) is 0 Å². The van der Waals surface area contributed by atoms with E-state index in [0.717, 1.165) is 5.57 Å². The molecule has 0 N–H and O–H groups in total. The minimum absolute atomic E-state index is 1.09. The third kappa shape index (κ3) is 3.01. The van der Waals surface area contributed by atoms with Crippen LogP contribution >= 0.6 is 0 Å². The van der Waals surface area contributed by atoms with Gasteiger partial charge in [-0.1, -0.05) is 93.8 Å². The predicted molar refractivity (Wildman–Crippen MR) is 101 cm³/mol. The van der Waals surface area contributed by atoms with Crippen LogP contribution in [0.5, 0.6) is 0 Å². The van der Waals surface area contributed by atoms with Crippen LogP contribution in [-0.2, 0) is 0 Å². The average molecular weight is 286 g/mol. The van der Waals surface area contributed by atoms with E-state index in [-0.39, 0.29) is 0 Å². The molecule has 0 nitrogen and oxygen atoms in total. The van der Waals surface area contributed by atoms with E-state index in [4.69, 9.17) is 0 Å². The SMILES string of the molecule is C=C/C=C(\C=C)c1ccc2c(ccc3ccccc32)c1.CC. The van der Waals surface area contributed by atoms with Gasteiger partial charge in [-0.2, -0.15) is 0 Å². The Morgan fingerprint density at radius 3 is 2.23 bits per heavy atom. The first-order valence-electron chi connectivity index (χ1n) is 7.70. The van der Waals surface area contributed by atoms with Crippen LogP contribution in [-0.4, -0.2) is 0 Å². The summed E-state index contributed by atoms with van der Waals surface area (Å²) in [5, 5.41) is 5.11. The Morgan fingerprint density at radius 2 is 1.50 bits per heavy atom. The molecule has 0 heterocycles. The molecule has 0 heteroatoms. The largest absolute Gasteiger partial charge is 0.0990 e. The number of hydrogen-bond donors (Lipinski definition) is 0. The molecule has 0 amide bonds. The third-order valence-corrected chi connectivity index (χ3v) is 3.60. The second-order valence-electron chi connectivity index (χ2n) is 4.78. The molecule has 0 aromatic heterocycles. The summed E-state index contributed by atoms with van der Waals surface area (Å²) in [5.74, 6) is 0. The quantitative estimate of drug-likeness (QED) is 0.368. The zero-order valence-electron chi connectivity index (χ0n) is 13.3. The van der Waals surface area contributed by atoms with E-state index in [2.05, 4.69) is 67.8 Å². The van der Waals surface area contributed by atoms with Crippen LogP contribution in [0.15, 0.2) is 86.0 Å². The number of fused-ring (bicyclic) bond motifs is 3. The minimum atomic E-state index is 1.09. The Balaban J connectivity index is 0.000000847. The van der Waals surface area contributed by atoms with Crippen LogP contribution in [0.4, 0.5) is 0 Å². The zero-order valence-corrected chi connectivity index (χ0v) is 13.3. The van der Waals surface area contributed by atoms with Crippen LogP contribution in [0.3, 0.4) is 0 Å². The normalized spacial score (nSPS) is 10.9. The smallest absolute Gasteiger partial charge is 0.0105 e. The van der Waals surface area contributed by atoms with E-state index >= 15 is 0 Å². The summed E-state index contributed by atoms with van der Waals surface area (Å²) in [6.07, 6.45) is 5.64. The lowest BCUT2D eigenvalue weighted by Crippen LogP contribution is -1.83. The minimum Gasteiger partial charge on any atom is -0.0990 e. The molecule has 3 rings (SSSR count). The Hall–Kier alpha value is -2.60. The van der Waals surface area contributed by atoms with Crippen molar-refractivity contribution < 1.29 is 0 Å². The monoisotopic (exact) mass is 286 g/mol. The second-order valence-corrected chi connectivity index (χ2v) is 4.78. The summed E-state index contributed by atoms with van der Waals surface area (Å²) in [6.45, 7) is 11.6. The van der Waals surface area contributed by atoms with Gasteiger partial charge in [0, 0.05) is 0 Å². The average Bonchev–Trinajstić information content (AvgIpc) is 2.60. The number of benzene rings is 3. The third-order valence-electron chi connectivity index (χ3n) is 3.60. The molecule has 110 valence electrons. The molecule has 0 bridgehead atoms. The fourth-order valence-electron chi connectivity index (χ4n) is 2.60. The van der Waals surface area contributed by atoms with Gasteiger partial charge in [0.15, 0.2) is 0 Å². The molecule has 0 unspecified atom stereocenters. The zero-order chi connectivity index (χ0) is 15.9. The van der Waals surface area contributed by atoms with Gasteiger partial charge in [-0.3, -0.25) is 0 Å². The molecule has 22 heavy (non-hydrogen) atoms. The van der Waals surface area contributed by atoms with E-state index in [0.29, 0.717) is 0 Å². The van der Waals surface area contributed by atoms with Crippen LogP contribution in [0, 0.1) is 0 Å². The fourth-order valence-corrected chi connectivity index (χ4v) is 2.60. The van der Waals surface area contributed by atoms with Gasteiger partial charge in [0.05, 0.1) is 0 Å². The Bertz CT molecular complexity index is 835. The second kappa shape index (κ2) is 7.42. The molecule has 0 atom stereocenters. The van der Waals surface area contributed by atoms with Gasteiger partial charge in [0.25, 0.3) is 0 Å². The fraction of sp³-hybridized carbons (Fsp3) is 0.0909. The van der Waals surface area contributed by atoms with Crippen molar-refractivity contribution in [2.75, 3.05) is 0 Å². The molecule has 0 aliphatic heterocycles. The van der Waals surface area contributed by atoms with E-state index in [1.807, 2.05) is 26.0 Å². The number of hydrogen-bond acceptors (Lipinski definition) is 0. The molecule has 0 aliphatic rings. The molecule has 3 aromatic carbocycles. The van der Waals surface area contributed by atoms with E-state index < -0.39 is 0 Å². The Morgan fingerprint density at radius 1 is 0.818 bits per heavy atom. The highest BCUT2D eigenvalue weighted by Gasteiger charge is 2.02. The number of rotatable bonds is 3. The molecular formula is C22H22. The molecule has 0 radical (unpaired) electrons. The number of allylic oxidation sites excluding steroid dienone is 4. The standard InChI is InChI=1S/C20H16.C2H6/c1-3-7-15(4-2)17-12-13-20-18(14-17)11-10-16-8-5-6-9-19(16)20;1-2/h3-14H,1-2H2;1-2H3/b15-7+;. The van der Waals surface area contributed by atoms with Crippen molar-refractivity contribution in [3.8, 4) is 0 Å². The topological polar surface area (TPSA) is 0 Å². The van der Waals surface area contributed by atoms with Gasteiger partial charge >= 0.3 is 0 Å². The van der Waals surface area contributed by atoms with Crippen molar-refractivity contribution in [1.29, 1.82) is 0 Å². The summed E-state index contributed by atoms with van der Waals surface area (Å²) in [7, 11) is 0. The molecular weight excluding hydrogens is 264 g/mol. The molecule has 3 aromatic rings. The lowest BCUT2D eigenvalue weighted by Gasteiger charge is -2.07. The summed E-state index contributed by atoms with van der Waals surface area (Å²) in [4.78, 5) is 0. The van der Waals surface area contributed by atoms with Crippen molar-refractivity contribution >= 4 is 27.1 Å². The lowest BCUT2D eigenvalue weighted by atomic mass is 9.97. The van der Waals surface area contributed by atoms with Crippen LogP contribution in [0.2, 0.25) is 0 Å². The van der Waals surface area contributed by atoms with Crippen LogP contribution in [0.25, 0.3) is 27.1 Å². The molecule has 0 saturated carbocycles. The first kappa shape index (κ1) is 15.8. The maximum absolute atomic E-state index is 3.87. The van der Waals surface area contributed by atoms with Gasteiger partial charge in [0.2, 0.25) is 0 Å². The van der Waals surface area contributed by atoms with Crippen LogP contribution < -0.4 is 0 Å². The van der Waals surface area contributed by atoms with Gasteiger partial charge in [-0.05, 0) is 38.7 Å².